The molecule has 0 fully saturated rings. The minimum Gasteiger partial charge on any atom is -0.324 e. The zero-order valence-electron chi connectivity index (χ0n) is 9.62. The number of aromatic nitrogens is 3. The van der Waals surface area contributed by atoms with Crippen molar-refractivity contribution in [2.75, 3.05) is 5.32 Å². The maximum Gasteiger partial charge on any atom is 0.231 e. The van der Waals surface area contributed by atoms with E-state index < -0.39 is 9.84 Å². The van der Waals surface area contributed by atoms with E-state index in [0.29, 0.717) is 5.69 Å². The van der Waals surface area contributed by atoms with Crippen LogP contribution in [0.5, 0.6) is 0 Å². The lowest BCUT2D eigenvalue weighted by atomic mass is 10.3. The topological polar surface area (TPSA) is 84.8 Å². The highest BCUT2D eigenvalue weighted by Gasteiger charge is 2.08. The van der Waals surface area contributed by atoms with Crippen LogP contribution in [0.25, 0.3) is 0 Å². The largest absolute Gasteiger partial charge is 0.324 e. The molecule has 2 aromatic rings. The van der Waals surface area contributed by atoms with Crippen molar-refractivity contribution in [3.8, 4) is 0 Å². The van der Waals surface area contributed by atoms with E-state index in [4.69, 9.17) is 11.6 Å². The lowest BCUT2D eigenvalue weighted by molar-refractivity contribution is 0.605. The third kappa shape index (κ3) is 3.27. The Balaban J connectivity index is 2.22. The van der Waals surface area contributed by atoms with Crippen molar-refractivity contribution in [1.82, 2.24) is 15.0 Å². The highest BCUT2D eigenvalue weighted by Crippen LogP contribution is 2.18. The van der Waals surface area contributed by atoms with Crippen LogP contribution in [0, 0.1) is 0 Å². The summed E-state index contributed by atoms with van der Waals surface area (Å²) in [4.78, 5) is 11.5. The third-order valence-corrected chi connectivity index (χ3v) is 3.75. The van der Waals surface area contributed by atoms with Crippen molar-refractivity contribution in [2.45, 2.75) is 4.90 Å². The molecule has 0 atom stereocenters. The number of hydrogen-bond donors (Lipinski definition) is 1. The average Bonchev–Trinajstić information content (AvgIpc) is 2.39. The molecule has 0 spiro atoms. The summed E-state index contributed by atoms with van der Waals surface area (Å²) in [6.07, 6.45) is 1.27. The third-order valence-electron chi connectivity index (χ3n) is 2.20. The van der Waals surface area contributed by atoms with Gasteiger partial charge in [-0.1, -0.05) is 6.58 Å². The zero-order chi connectivity index (χ0) is 13.9. The summed E-state index contributed by atoms with van der Waals surface area (Å²) in [5.41, 5.74) is 0.630. The molecule has 1 N–H and O–H groups in total. The van der Waals surface area contributed by atoms with Crippen molar-refractivity contribution >= 4 is 33.1 Å². The molecule has 1 aromatic carbocycles. The van der Waals surface area contributed by atoms with E-state index >= 15 is 0 Å². The Labute approximate surface area is 115 Å². The molecule has 0 unspecified atom stereocenters. The molecule has 0 aliphatic rings. The number of halogens is 1. The number of hydrogen-bond acceptors (Lipinski definition) is 6. The van der Waals surface area contributed by atoms with E-state index in [2.05, 4.69) is 26.8 Å². The Morgan fingerprint density at radius 1 is 1.21 bits per heavy atom. The summed E-state index contributed by atoms with van der Waals surface area (Å²) in [6.45, 7) is 3.26. The predicted molar refractivity (Wildman–Crippen MR) is 71.9 cm³/mol. The van der Waals surface area contributed by atoms with Gasteiger partial charge in [0.2, 0.25) is 11.2 Å². The van der Waals surface area contributed by atoms with Crippen molar-refractivity contribution in [2.24, 2.45) is 0 Å². The van der Waals surface area contributed by atoms with E-state index in [1.54, 1.807) is 12.1 Å². The summed E-state index contributed by atoms with van der Waals surface area (Å²) in [5.74, 6) is 0.277. The van der Waals surface area contributed by atoms with Crippen LogP contribution < -0.4 is 5.32 Å². The standard InChI is InChI=1S/C11H9ClN4O2S/c1-2-19(17,18)9-5-3-8(4-6-9)15-11-14-7-13-10(12)16-11/h2-7H,1H2,(H,13,14,15,16). The molecule has 0 bridgehead atoms. The van der Waals surface area contributed by atoms with Gasteiger partial charge in [-0.2, -0.15) is 4.98 Å². The maximum atomic E-state index is 11.5. The van der Waals surface area contributed by atoms with Gasteiger partial charge in [0.1, 0.15) is 6.33 Å². The first-order valence-corrected chi connectivity index (χ1v) is 7.03. The summed E-state index contributed by atoms with van der Waals surface area (Å²) < 4.78 is 23.1. The Morgan fingerprint density at radius 2 is 1.89 bits per heavy atom. The van der Waals surface area contributed by atoms with Gasteiger partial charge in [0.25, 0.3) is 0 Å². The SMILES string of the molecule is C=CS(=O)(=O)c1ccc(Nc2ncnc(Cl)n2)cc1. The number of nitrogens with zero attached hydrogens (tertiary/aromatic N) is 3. The molecule has 1 aromatic heterocycles. The summed E-state index contributed by atoms with van der Waals surface area (Å²) >= 11 is 5.62. The van der Waals surface area contributed by atoms with Crippen LogP contribution >= 0.6 is 11.6 Å². The number of rotatable bonds is 4. The van der Waals surface area contributed by atoms with Crippen LogP contribution in [0.3, 0.4) is 0 Å². The van der Waals surface area contributed by atoms with E-state index in [1.807, 2.05) is 0 Å². The smallest absolute Gasteiger partial charge is 0.231 e. The van der Waals surface area contributed by atoms with Crippen LogP contribution in [-0.2, 0) is 9.84 Å². The predicted octanol–water partition coefficient (Wildman–Crippen LogP) is 2.19. The van der Waals surface area contributed by atoms with Gasteiger partial charge in [0.05, 0.1) is 4.90 Å². The molecule has 98 valence electrons. The van der Waals surface area contributed by atoms with Gasteiger partial charge < -0.3 is 5.32 Å². The number of nitrogens with one attached hydrogen (secondary N) is 1. The van der Waals surface area contributed by atoms with Crippen LogP contribution in [0.1, 0.15) is 0 Å². The summed E-state index contributed by atoms with van der Waals surface area (Å²) in [6, 6.07) is 6.10. The van der Waals surface area contributed by atoms with Crippen molar-refractivity contribution in [1.29, 1.82) is 0 Å². The Bertz CT molecular complexity index is 701. The molecular weight excluding hydrogens is 288 g/mol. The first-order valence-electron chi connectivity index (χ1n) is 5.10. The Hall–Kier alpha value is -1.99. The van der Waals surface area contributed by atoms with Gasteiger partial charge in [-0.3, -0.25) is 0 Å². The van der Waals surface area contributed by atoms with Crippen molar-refractivity contribution < 1.29 is 8.42 Å². The molecular formula is C11H9ClN4O2S. The van der Waals surface area contributed by atoms with E-state index in [0.717, 1.165) is 5.41 Å². The molecule has 0 aliphatic heterocycles. The first-order chi connectivity index (χ1) is 9.01. The monoisotopic (exact) mass is 296 g/mol. The fourth-order valence-electron chi connectivity index (χ4n) is 1.29. The maximum absolute atomic E-state index is 11.5. The van der Waals surface area contributed by atoms with E-state index in [-0.39, 0.29) is 16.1 Å². The normalized spacial score (nSPS) is 11.0. The van der Waals surface area contributed by atoms with Gasteiger partial charge in [-0.05, 0) is 35.9 Å². The minimum atomic E-state index is -3.42. The van der Waals surface area contributed by atoms with Gasteiger partial charge >= 0.3 is 0 Å². The zero-order valence-corrected chi connectivity index (χ0v) is 11.2. The lowest BCUT2D eigenvalue weighted by Crippen LogP contribution is -1.99. The van der Waals surface area contributed by atoms with Crippen LogP contribution in [0.4, 0.5) is 11.6 Å². The second-order valence-corrected chi connectivity index (χ2v) is 5.67. The molecule has 6 nitrogen and oxygen atoms in total. The average molecular weight is 297 g/mol. The van der Waals surface area contributed by atoms with Crippen molar-refractivity contribution in [3.63, 3.8) is 0 Å². The molecule has 0 saturated carbocycles. The lowest BCUT2D eigenvalue weighted by Gasteiger charge is -2.05. The number of sulfone groups is 1. The van der Waals surface area contributed by atoms with Gasteiger partial charge in [0.15, 0.2) is 9.84 Å². The van der Waals surface area contributed by atoms with Gasteiger partial charge in [-0.15, -0.1) is 0 Å². The first kappa shape index (κ1) is 13.4. The number of benzene rings is 1. The molecule has 0 aliphatic carbocycles. The minimum absolute atomic E-state index is 0.0726. The van der Waals surface area contributed by atoms with Crippen molar-refractivity contribution in [3.05, 3.63) is 47.9 Å². The highest BCUT2D eigenvalue weighted by molar-refractivity contribution is 7.94. The fraction of sp³-hybridized carbons (Fsp3) is 0. The second-order valence-electron chi connectivity index (χ2n) is 3.44. The number of anilines is 2. The van der Waals surface area contributed by atoms with E-state index in [1.165, 1.54) is 18.5 Å². The molecule has 8 heteroatoms. The molecule has 2 rings (SSSR count). The van der Waals surface area contributed by atoms with Crippen LogP contribution in [0.2, 0.25) is 5.28 Å². The van der Waals surface area contributed by atoms with E-state index in [9.17, 15) is 8.42 Å². The van der Waals surface area contributed by atoms with Gasteiger partial charge in [0, 0.05) is 11.1 Å². The molecule has 0 amide bonds. The van der Waals surface area contributed by atoms with Crippen LogP contribution in [0.15, 0.2) is 47.5 Å². The summed E-state index contributed by atoms with van der Waals surface area (Å²) in [5, 5.41) is 3.85. The highest BCUT2D eigenvalue weighted by atomic mass is 35.5. The molecule has 0 radical (unpaired) electrons. The Morgan fingerprint density at radius 3 is 2.47 bits per heavy atom. The van der Waals surface area contributed by atoms with Gasteiger partial charge in [-0.25, -0.2) is 18.4 Å². The Kier molecular flexibility index (Phi) is 3.77. The molecule has 1 heterocycles. The molecule has 19 heavy (non-hydrogen) atoms. The molecule has 0 saturated heterocycles. The fourth-order valence-corrected chi connectivity index (χ4v) is 2.12. The summed E-state index contributed by atoms with van der Waals surface area (Å²) in [7, 11) is -3.42. The second kappa shape index (κ2) is 5.33. The quantitative estimate of drug-likeness (QED) is 0.931. The van der Waals surface area contributed by atoms with Crippen LogP contribution in [-0.4, -0.2) is 23.4 Å².